The number of nitrogens with zero attached hydrogens (tertiary/aromatic N) is 2. The van der Waals surface area contributed by atoms with E-state index in [2.05, 4.69) is 38.1 Å². The summed E-state index contributed by atoms with van der Waals surface area (Å²) < 4.78 is 1.62. The lowest BCUT2D eigenvalue weighted by atomic mass is 10.0. The van der Waals surface area contributed by atoms with Gasteiger partial charge in [0.25, 0.3) is 0 Å². The molecule has 0 aliphatic heterocycles. The summed E-state index contributed by atoms with van der Waals surface area (Å²) in [6, 6.07) is 0. The molecule has 0 radical (unpaired) electrons. The van der Waals surface area contributed by atoms with Crippen LogP contribution in [0.1, 0.15) is 33.4 Å². The first kappa shape index (κ1) is 12.9. The quantitative estimate of drug-likeness (QED) is 0.842. The van der Waals surface area contributed by atoms with Crippen molar-refractivity contribution in [2.24, 2.45) is 23.8 Å². The van der Waals surface area contributed by atoms with Crippen LogP contribution in [0.3, 0.4) is 0 Å². The van der Waals surface area contributed by atoms with Gasteiger partial charge in [0.15, 0.2) is 5.82 Å². The molecule has 18 heavy (non-hydrogen) atoms. The SMILES string of the molecule is Cc1nn(C)c(NC(=O)C2C(C)(C)C2(C)C)c1N. The van der Waals surface area contributed by atoms with Crippen LogP contribution in [-0.4, -0.2) is 15.7 Å². The molecule has 0 spiro atoms. The van der Waals surface area contributed by atoms with Gasteiger partial charge in [-0.2, -0.15) is 5.10 Å². The first-order valence-electron chi connectivity index (χ1n) is 6.20. The van der Waals surface area contributed by atoms with Gasteiger partial charge in [0, 0.05) is 13.0 Å². The summed E-state index contributed by atoms with van der Waals surface area (Å²) in [6.45, 7) is 10.3. The van der Waals surface area contributed by atoms with Crippen LogP contribution in [0.15, 0.2) is 0 Å². The highest BCUT2D eigenvalue weighted by Gasteiger charge is 2.68. The molecule has 1 fully saturated rings. The van der Waals surface area contributed by atoms with Crippen LogP contribution in [-0.2, 0) is 11.8 Å². The Bertz CT molecular complexity index is 499. The van der Waals surface area contributed by atoms with Crippen LogP contribution in [0, 0.1) is 23.7 Å². The van der Waals surface area contributed by atoms with Crippen LogP contribution in [0.2, 0.25) is 0 Å². The van der Waals surface area contributed by atoms with E-state index in [1.54, 1.807) is 11.7 Å². The molecular weight excluding hydrogens is 228 g/mol. The maximum Gasteiger partial charge on any atom is 0.229 e. The van der Waals surface area contributed by atoms with Gasteiger partial charge in [-0.3, -0.25) is 9.48 Å². The normalized spacial score (nSPS) is 20.8. The number of nitrogens with one attached hydrogen (secondary N) is 1. The molecule has 0 aromatic carbocycles. The van der Waals surface area contributed by atoms with E-state index in [1.165, 1.54) is 0 Å². The average molecular weight is 250 g/mol. The second-order valence-electron chi connectivity index (χ2n) is 6.34. The minimum Gasteiger partial charge on any atom is -0.394 e. The van der Waals surface area contributed by atoms with E-state index >= 15 is 0 Å². The summed E-state index contributed by atoms with van der Waals surface area (Å²) in [4.78, 5) is 12.3. The number of hydrogen-bond acceptors (Lipinski definition) is 3. The van der Waals surface area contributed by atoms with Crippen molar-refractivity contribution in [3.05, 3.63) is 5.69 Å². The van der Waals surface area contributed by atoms with E-state index in [9.17, 15) is 4.79 Å². The van der Waals surface area contributed by atoms with Gasteiger partial charge < -0.3 is 11.1 Å². The van der Waals surface area contributed by atoms with Crippen molar-refractivity contribution in [3.63, 3.8) is 0 Å². The van der Waals surface area contributed by atoms with Crippen molar-refractivity contribution in [2.45, 2.75) is 34.6 Å². The number of hydrogen-bond donors (Lipinski definition) is 2. The van der Waals surface area contributed by atoms with Crippen molar-refractivity contribution in [1.29, 1.82) is 0 Å². The zero-order chi connectivity index (χ0) is 13.9. The molecule has 3 N–H and O–H groups in total. The van der Waals surface area contributed by atoms with Crippen LogP contribution in [0.5, 0.6) is 0 Å². The van der Waals surface area contributed by atoms with E-state index < -0.39 is 0 Å². The van der Waals surface area contributed by atoms with Gasteiger partial charge in [0.1, 0.15) is 0 Å². The first-order valence-corrected chi connectivity index (χ1v) is 6.20. The van der Waals surface area contributed by atoms with E-state index in [0.717, 1.165) is 5.69 Å². The number of rotatable bonds is 2. The summed E-state index contributed by atoms with van der Waals surface area (Å²) in [5.74, 6) is 0.635. The van der Waals surface area contributed by atoms with Gasteiger partial charge in [0.2, 0.25) is 5.91 Å². The predicted molar refractivity (Wildman–Crippen MR) is 72.0 cm³/mol. The fourth-order valence-electron chi connectivity index (χ4n) is 2.86. The molecule has 1 saturated carbocycles. The zero-order valence-electron chi connectivity index (χ0n) is 12.0. The van der Waals surface area contributed by atoms with Crippen molar-refractivity contribution < 1.29 is 4.79 Å². The van der Waals surface area contributed by atoms with Gasteiger partial charge >= 0.3 is 0 Å². The van der Waals surface area contributed by atoms with Crippen molar-refractivity contribution >= 4 is 17.4 Å². The minimum atomic E-state index is 0.0135. The van der Waals surface area contributed by atoms with Gasteiger partial charge in [-0.25, -0.2) is 0 Å². The Morgan fingerprint density at radius 1 is 1.33 bits per heavy atom. The Balaban J connectivity index is 2.20. The molecule has 1 aliphatic rings. The highest BCUT2D eigenvalue weighted by molar-refractivity contribution is 5.97. The van der Waals surface area contributed by atoms with Crippen LogP contribution >= 0.6 is 0 Å². The highest BCUT2D eigenvalue weighted by atomic mass is 16.2. The predicted octanol–water partition coefficient (Wildman–Crippen LogP) is 1.93. The third kappa shape index (κ3) is 1.53. The Morgan fingerprint density at radius 3 is 2.17 bits per heavy atom. The monoisotopic (exact) mass is 250 g/mol. The third-order valence-corrected chi connectivity index (χ3v) is 4.79. The number of carbonyl (C=O) groups excluding carboxylic acids is 1. The molecule has 1 amide bonds. The van der Waals surface area contributed by atoms with E-state index in [1.807, 2.05) is 6.92 Å². The smallest absolute Gasteiger partial charge is 0.229 e. The molecule has 1 aromatic rings. The maximum atomic E-state index is 12.3. The average Bonchev–Trinajstić information content (AvgIpc) is 2.51. The number of nitrogen functional groups attached to an aromatic ring is 1. The zero-order valence-corrected chi connectivity index (χ0v) is 12.0. The fourth-order valence-corrected chi connectivity index (χ4v) is 2.86. The molecule has 100 valence electrons. The van der Waals surface area contributed by atoms with Crippen molar-refractivity contribution in [1.82, 2.24) is 9.78 Å². The second kappa shape index (κ2) is 3.49. The summed E-state index contributed by atoms with van der Waals surface area (Å²) in [5.41, 5.74) is 7.25. The lowest BCUT2D eigenvalue weighted by molar-refractivity contribution is -0.118. The van der Waals surface area contributed by atoms with Crippen LogP contribution in [0.4, 0.5) is 11.5 Å². The maximum absolute atomic E-state index is 12.3. The fraction of sp³-hybridized carbons (Fsp3) is 0.692. The molecule has 0 saturated heterocycles. The molecular formula is C13H22N4O. The number of aryl methyl sites for hydroxylation is 2. The lowest BCUT2D eigenvalue weighted by Gasteiger charge is -2.07. The Kier molecular flexibility index (Phi) is 2.51. The van der Waals surface area contributed by atoms with Gasteiger partial charge in [-0.05, 0) is 17.8 Å². The van der Waals surface area contributed by atoms with Gasteiger partial charge in [0.05, 0.1) is 11.4 Å². The molecule has 0 bridgehead atoms. The largest absolute Gasteiger partial charge is 0.394 e. The molecule has 1 aliphatic carbocycles. The second-order valence-corrected chi connectivity index (χ2v) is 6.34. The van der Waals surface area contributed by atoms with E-state index in [-0.39, 0.29) is 22.7 Å². The molecule has 1 heterocycles. The molecule has 5 heteroatoms. The summed E-state index contributed by atoms with van der Waals surface area (Å²) >= 11 is 0. The van der Waals surface area contributed by atoms with Crippen molar-refractivity contribution in [2.75, 3.05) is 11.1 Å². The highest BCUT2D eigenvalue weighted by Crippen LogP contribution is 2.68. The lowest BCUT2D eigenvalue weighted by Crippen LogP contribution is -2.20. The first-order chi connectivity index (χ1) is 8.10. The Hall–Kier alpha value is -1.52. The van der Waals surface area contributed by atoms with E-state index in [0.29, 0.717) is 11.5 Å². The number of aromatic nitrogens is 2. The van der Waals surface area contributed by atoms with Crippen LogP contribution < -0.4 is 11.1 Å². The van der Waals surface area contributed by atoms with Gasteiger partial charge in [-0.15, -0.1) is 0 Å². The molecule has 5 nitrogen and oxygen atoms in total. The van der Waals surface area contributed by atoms with Crippen LogP contribution in [0.25, 0.3) is 0 Å². The number of carbonyl (C=O) groups is 1. The Morgan fingerprint density at radius 2 is 1.83 bits per heavy atom. The topological polar surface area (TPSA) is 72.9 Å². The molecule has 1 aromatic heterocycles. The van der Waals surface area contributed by atoms with Gasteiger partial charge in [-0.1, -0.05) is 27.7 Å². The summed E-state index contributed by atoms with van der Waals surface area (Å²) in [7, 11) is 1.78. The standard InChI is InChI=1S/C13H22N4O/c1-7-8(14)10(17(6)16-7)15-11(18)9-12(2,3)13(9,4)5/h9H,14H2,1-6H3,(H,15,18). The number of nitrogens with two attached hydrogens (primary N) is 1. The van der Waals surface area contributed by atoms with E-state index in [4.69, 9.17) is 5.73 Å². The third-order valence-electron chi connectivity index (χ3n) is 4.79. The van der Waals surface area contributed by atoms with Crippen molar-refractivity contribution in [3.8, 4) is 0 Å². The number of anilines is 2. The summed E-state index contributed by atoms with van der Waals surface area (Å²) in [5, 5.41) is 7.10. The Labute approximate surface area is 108 Å². The minimum absolute atomic E-state index is 0.0135. The molecule has 2 rings (SSSR count). The summed E-state index contributed by atoms with van der Waals surface area (Å²) in [6.07, 6.45) is 0. The number of amides is 1. The molecule has 0 unspecified atom stereocenters. The molecule has 0 atom stereocenters.